The number of hydrogen-bond donors (Lipinski definition) is 1. The molecule has 0 unspecified atom stereocenters. The van der Waals surface area contributed by atoms with Crippen molar-refractivity contribution >= 4 is 11.6 Å². The molecule has 1 amide bonds. The monoisotopic (exact) mass is 356 g/mol. The number of carbonyl (C=O) groups excluding carboxylic acids is 1. The summed E-state index contributed by atoms with van der Waals surface area (Å²) in [4.78, 5) is 26.7. The van der Waals surface area contributed by atoms with Crippen LogP contribution < -0.4 is 10.9 Å². The van der Waals surface area contributed by atoms with Crippen LogP contribution in [0.1, 0.15) is 21.6 Å². The number of hydrogen-bond acceptors (Lipinski definition) is 5. The fourth-order valence-corrected chi connectivity index (χ4v) is 2.81. The third kappa shape index (κ3) is 4.56. The van der Waals surface area contributed by atoms with Crippen LogP contribution in [0, 0.1) is 13.8 Å². The molecule has 2 aromatic rings. The van der Waals surface area contributed by atoms with E-state index in [1.54, 1.807) is 0 Å². The molecule has 1 N–H and O–H groups in total. The summed E-state index contributed by atoms with van der Waals surface area (Å²) >= 11 is 0. The number of ether oxygens (including phenoxy) is 1. The molecule has 1 aliphatic heterocycles. The summed E-state index contributed by atoms with van der Waals surface area (Å²) in [7, 11) is 0. The number of carbonyl (C=O) groups is 1. The average Bonchev–Trinajstić information content (AvgIpc) is 2.65. The fourth-order valence-electron chi connectivity index (χ4n) is 2.81. The lowest BCUT2D eigenvalue weighted by Crippen LogP contribution is -2.39. The smallest absolute Gasteiger partial charge is 0.276 e. The fraction of sp³-hybridized carbons (Fsp3) is 0.421. The topological polar surface area (TPSA) is 76.5 Å². The van der Waals surface area contributed by atoms with E-state index in [1.165, 1.54) is 16.8 Å². The summed E-state index contributed by atoms with van der Waals surface area (Å²) in [5.74, 6) is -0.326. The minimum absolute atomic E-state index is 0.207. The van der Waals surface area contributed by atoms with Crippen molar-refractivity contribution in [1.29, 1.82) is 0 Å². The second kappa shape index (κ2) is 8.25. The van der Waals surface area contributed by atoms with Crippen LogP contribution >= 0.6 is 0 Å². The summed E-state index contributed by atoms with van der Waals surface area (Å²) in [5.41, 5.74) is 3.00. The van der Waals surface area contributed by atoms with Crippen molar-refractivity contribution in [1.82, 2.24) is 14.7 Å². The molecule has 0 bridgehead atoms. The van der Waals surface area contributed by atoms with E-state index in [9.17, 15) is 9.59 Å². The quantitative estimate of drug-likeness (QED) is 0.877. The highest BCUT2D eigenvalue weighted by atomic mass is 16.5. The summed E-state index contributed by atoms with van der Waals surface area (Å²) in [6.45, 7) is 8.29. The summed E-state index contributed by atoms with van der Waals surface area (Å²) in [5, 5.41) is 7.06. The van der Waals surface area contributed by atoms with Gasteiger partial charge in [-0.05, 0) is 43.2 Å². The molecule has 0 aliphatic carbocycles. The zero-order valence-corrected chi connectivity index (χ0v) is 15.2. The van der Waals surface area contributed by atoms with Crippen LogP contribution in [0.4, 0.5) is 5.69 Å². The molecule has 0 saturated carbocycles. The minimum Gasteiger partial charge on any atom is -0.379 e. The number of anilines is 1. The van der Waals surface area contributed by atoms with Crippen molar-refractivity contribution in [2.75, 3.05) is 38.2 Å². The second-order valence-electron chi connectivity index (χ2n) is 6.49. The van der Waals surface area contributed by atoms with Gasteiger partial charge < -0.3 is 10.1 Å². The predicted molar refractivity (Wildman–Crippen MR) is 99.6 cm³/mol. The number of amides is 1. The van der Waals surface area contributed by atoms with Crippen LogP contribution in [0.5, 0.6) is 0 Å². The zero-order chi connectivity index (χ0) is 18.5. The van der Waals surface area contributed by atoms with Gasteiger partial charge in [-0.3, -0.25) is 14.5 Å². The maximum absolute atomic E-state index is 12.5. The summed E-state index contributed by atoms with van der Waals surface area (Å²) < 4.78 is 6.67. The molecule has 3 rings (SSSR count). The SMILES string of the molecule is Cc1ccc(NC(=O)c2ccc(=O)n(CCN3CCOCC3)n2)cc1C. The molecular formula is C19H24N4O3. The number of nitrogens with one attached hydrogen (secondary N) is 1. The van der Waals surface area contributed by atoms with Crippen LogP contribution in [0.25, 0.3) is 0 Å². The first-order valence-electron chi connectivity index (χ1n) is 8.80. The molecule has 0 atom stereocenters. The van der Waals surface area contributed by atoms with Crippen LogP contribution in [-0.2, 0) is 11.3 Å². The van der Waals surface area contributed by atoms with Crippen molar-refractivity contribution in [2.45, 2.75) is 20.4 Å². The van der Waals surface area contributed by atoms with Gasteiger partial charge in [-0.25, -0.2) is 4.68 Å². The van der Waals surface area contributed by atoms with Gasteiger partial charge in [-0.2, -0.15) is 5.10 Å². The molecule has 1 aliphatic rings. The molecule has 1 aromatic carbocycles. The van der Waals surface area contributed by atoms with E-state index in [0.29, 0.717) is 32.0 Å². The number of morpholine rings is 1. The molecule has 1 aromatic heterocycles. The number of nitrogens with zero attached hydrogens (tertiary/aromatic N) is 3. The highest BCUT2D eigenvalue weighted by molar-refractivity contribution is 6.02. The second-order valence-corrected chi connectivity index (χ2v) is 6.49. The first kappa shape index (κ1) is 18.3. The summed E-state index contributed by atoms with van der Waals surface area (Å²) in [6.07, 6.45) is 0. The maximum Gasteiger partial charge on any atom is 0.276 e. The van der Waals surface area contributed by atoms with E-state index in [4.69, 9.17) is 4.74 Å². The Kier molecular flexibility index (Phi) is 5.80. The molecule has 1 saturated heterocycles. The minimum atomic E-state index is -0.326. The van der Waals surface area contributed by atoms with Gasteiger partial charge in [0.2, 0.25) is 0 Å². The van der Waals surface area contributed by atoms with Gasteiger partial charge in [0, 0.05) is 31.4 Å². The third-order valence-corrected chi connectivity index (χ3v) is 4.60. The first-order chi connectivity index (χ1) is 12.5. The van der Waals surface area contributed by atoms with Gasteiger partial charge in [-0.1, -0.05) is 6.07 Å². The molecule has 0 spiro atoms. The van der Waals surface area contributed by atoms with Crippen LogP contribution in [0.2, 0.25) is 0 Å². The van der Waals surface area contributed by atoms with Crippen molar-refractivity contribution in [2.24, 2.45) is 0 Å². The average molecular weight is 356 g/mol. The van der Waals surface area contributed by atoms with Crippen LogP contribution in [0.3, 0.4) is 0 Å². The first-order valence-corrected chi connectivity index (χ1v) is 8.80. The summed E-state index contributed by atoms with van der Waals surface area (Å²) in [6, 6.07) is 8.59. The molecule has 138 valence electrons. The molecule has 2 heterocycles. The molecule has 26 heavy (non-hydrogen) atoms. The molecule has 0 radical (unpaired) electrons. The van der Waals surface area contributed by atoms with Gasteiger partial charge in [0.1, 0.15) is 5.69 Å². The number of benzene rings is 1. The van der Waals surface area contributed by atoms with Crippen molar-refractivity contribution < 1.29 is 9.53 Å². The zero-order valence-electron chi connectivity index (χ0n) is 15.2. The number of rotatable bonds is 5. The van der Waals surface area contributed by atoms with Crippen molar-refractivity contribution in [3.05, 3.63) is 57.5 Å². The van der Waals surface area contributed by atoms with E-state index in [0.717, 1.165) is 24.2 Å². The Balaban J connectivity index is 1.68. The predicted octanol–water partition coefficient (Wildman–Crippen LogP) is 1.44. The van der Waals surface area contributed by atoms with Crippen molar-refractivity contribution in [3.8, 4) is 0 Å². The van der Waals surface area contributed by atoms with E-state index in [2.05, 4.69) is 15.3 Å². The Morgan fingerprint density at radius 2 is 1.88 bits per heavy atom. The number of aryl methyl sites for hydroxylation is 2. The Bertz CT molecular complexity index is 841. The molecule has 7 nitrogen and oxygen atoms in total. The largest absolute Gasteiger partial charge is 0.379 e. The Hall–Kier alpha value is -2.51. The van der Waals surface area contributed by atoms with Gasteiger partial charge >= 0.3 is 0 Å². The lowest BCUT2D eigenvalue weighted by molar-refractivity contribution is 0.0358. The Morgan fingerprint density at radius 3 is 2.62 bits per heavy atom. The maximum atomic E-state index is 12.5. The molecule has 7 heteroatoms. The van der Waals surface area contributed by atoms with E-state index >= 15 is 0 Å². The molecule has 1 fully saturated rings. The van der Waals surface area contributed by atoms with Crippen LogP contribution in [0.15, 0.2) is 35.1 Å². The van der Waals surface area contributed by atoms with E-state index in [-0.39, 0.29) is 17.2 Å². The highest BCUT2D eigenvalue weighted by Crippen LogP contribution is 2.14. The van der Waals surface area contributed by atoms with Crippen molar-refractivity contribution in [3.63, 3.8) is 0 Å². The number of aromatic nitrogens is 2. The van der Waals surface area contributed by atoms with Gasteiger partial charge in [0.05, 0.1) is 19.8 Å². The van der Waals surface area contributed by atoms with E-state index in [1.807, 2.05) is 32.0 Å². The highest BCUT2D eigenvalue weighted by Gasteiger charge is 2.13. The lowest BCUT2D eigenvalue weighted by Gasteiger charge is -2.26. The molecular weight excluding hydrogens is 332 g/mol. The Labute approximate surface area is 152 Å². The standard InChI is InChI=1S/C19H24N4O3/c1-14-3-4-16(13-15(14)2)20-19(25)17-5-6-18(24)23(21-17)8-7-22-9-11-26-12-10-22/h3-6,13H,7-12H2,1-2H3,(H,20,25). The normalized spacial score (nSPS) is 15.0. The van der Waals surface area contributed by atoms with E-state index < -0.39 is 0 Å². The van der Waals surface area contributed by atoms with Crippen LogP contribution in [-0.4, -0.2) is 53.4 Å². The Morgan fingerprint density at radius 1 is 1.12 bits per heavy atom. The third-order valence-electron chi connectivity index (χ3n) is 4.60. The van der Waals surface area contributed by atoms with Gasteiger partial charge in [0.15, 0.2) is 0 Å². The lowest BCUT2D eigenvalue weighted by atomic mass is 10.1. The van der Waals surface area contributed by atoms with Gasteiger partial charge in [-0.15, -0.1) is 0 Å². The van der Waals surface area contributed by atoms with Gasteiger partial charge in [0.25, 0.3) is 11.5 Å².